The van der Waals surface area contributed by atoms with Gasteiger partial charge in [-0.3, -0.25) is 0 Å². The maximum absolute atomic E-state index is 4.15. The van der Waals surface area contributed by atoms with Crippen molar-refractivity contribution in [2.75, 3.05) is 6.26 Å². The second kappa shape index (κ2) is 4.11. The number of aromatic amines is 1. The molecule has 0 saturated carbocycles. The molecule has 2 heterocycles. The van der Waals surface area contributed by atoms with Gasteiger partial charge in [0.25, 0.3) is 0 Å². The number of nitrogens with one attached hydrogen (secondary N) is 1. The first-order chi connectivity index (χ1) is 5.86. The van der Waals surface area contributed by atoms with Crippen molar-refractivity contribution in [3.63, 3.8) is 0 Å². The second-order valence-electron chi connectivity index (χ2n) is 2.20. The van der Waals surface area contributed by atoms with E-state index in [1.807, 2.05) is 19.1 Å². The molecule has 0 spiro atoms. The third-order valence-electron chi connectivity index (χ3n) is 1.38. The molecule has 64 valence electrons. The lowest BCUT2D eigenvalue weighted by molar-refractivity contribution is 1.16. The normalized spacial score (nSPS) is 9.25. The van der Waals surface area contributed by atoms with Gasteiger partial charge in [0.1, 0.15) is 5.82 Å². The Morgan fingerprint density at radius 3 is 2.83 bits per heavy atom. The zero-order chi connectivity index (χ0) is 8.97. The number of hydrogen-bond acceptors (Lipinski definition) is 3. The predicted molar refractivity (Wildman–Crippen MR) is 53.5 cm³/mol. The molecule has 0 fully saturated rings. The van der Waals surface area contributed by atoms with Crippen LogP contribution in [0.2, 0.25) is 0 Å². The van der Waals surface area contributed by atoms with E-state index in [2.05, 4.69) is 27.6 Å². The Bertz CT molecular complexity index is 323. The minimum atomic E-state index is 0.792. The average molecular weight is 181 g/mol. The van der Waals surface area contributed by atoms with Gasteiger partial charge in [-0.05, 0) is 25.3 Å². The Morgan fingerprint density at radius 1 is 1.42 bits per heavy atom. The van der Waals surface area contributed by atoms with E-state index in [1.54, 1.807) is 12.5 Å². The summed E-state index contributed by atoms with van der Waals surface area (Å²) in [4.78, 5) is 11.3. The lowest BCUT2D eigenvalue weighted by Crippen LogP contribution is -1.72. The van der Waals surface area contributed by atoms with Crippen LogP contribution in [0.1, 0.15) is 5.82 Å². The molecule has 0 unspecified atom stereocenters. The van der Waals surface area contributed by atoms with Crippen LogP contribution in [0.4, 0.5) is 0 Å². The van der Waals surface area contributed by atoms with E-state index in [1.165, 1.54) is 0 Å². The van der Waals surface area contributed by atoms with E-state index in [-0.39, 0.29) is 0 Å². The van der Waals surface area contributed by atoms with Gasteiger partial charge in [-0.25, -0.2) is 9.97 Å². The average Bonchev–Trinajstić information content (AvgIpc) is 2.48. The number of nitrogens with zero attached hydrogens (tertiary/aromatic N) is 2. The molecule has 0 radical (unpaired) electrons. The van der Waals surface area contributed by atoms with Crippen molar-refractivity contribution in [1.29, 1.82) is 0 Å². The molecule has 0 amide bonds. The molecular formula is C8H11N3S. The summed E-state index contributed by atoms with van der Waals surface area (Å²) >= 11 is 3.53. The van der Waals surface area contributed by atoms with E-state index in [9.17, 15) is 0 Å². The Balaban J connectivity index is 0.000000336. The summed E-state index contributed by atoms with van der Waals surface area (Å²) in [6, 6.07) is 3.85. The van der Waals surface area contributed by atoms with Gasteiger partial charge in [0.05, 0.1) is 5.52 Å². The molecular weight excluding hydrogens is 170 g/mol. The van der Waals surface area contributed by atoms with Crippen molar-refractivity contribution in [2.24, 2.45) is 0 Å². The lowest BCUT2D eigenvalue weighted by Gasteiger charge is -1.80. The summed E-state index contributed by atoms with van der Waals surface area (Å²) in [5.74, 6) is 0.911. The van der Waals surface area contributed by atoms with Crippen molar-refractivity contribution in [3.8, 4) is 0 Å². The third kappa shape index (κ3) is 1.76. The maximum Gasteiger partial charge on any atom is 0.177 e. The molecule has 3 nitrogen and oxygen atoms in total. The van der Waals surface area contributed by atoms with Gasteiger partial charge in [0.15, 0.2) is 5.65 Å². The van der Waals surface area contributed by atoms with Crippen LogP contribution in [-0.2, 0) is 0 Å². The standard InChI is InChI=1S/C7H7N3.CH4S/c1-5-9-6-3-2-4-8-7(6)10-5;1-2/h2-4H,1H3,(H,8,9,10);2H,1H3. The molecule has 4 heteroatoms. The molecule has 0 aliphatic carbocycles. The van der Waals surface area contributed by atoms with Gasteiger partial charge in [0.2, 0.25) is 0 Å². The number of rotatable bonds is 0. The van der Waals surface area contributed by atoms with E-state index in [0.29, 0.717) is 0 Å². The number of thiol groups is 1. The topological polar surface area (TPSA) is 41.6 Å². The van der Waals surface area contributed by atoms with Gasteiger partial charge < -0.3 is 4.98 Å². The third-order valence-corrected chi connectivity index (χ3v) is 1.38. The van der Waals surface area contributed by atoms with Crippen molar-refractivity contribution >= 4 is 23.8 Å². The molecule has 0 saturated heterocycles. The largest absolute Gasteiger partial charge is 0.341 e. The first-order valence-corrected chi connectivity index (χ1v) is 4.48. The smallest absolute Gasteiger partial charge is 0.177 e. The van der Waals surface area contributed by atoms with Crippen molar-refractivity contribution in [2.45, 2.75) is 6.92 Å². The van der Waals surface area contributed by atoms with Crippen LogP contribution in [0, 0.1) is 6.92 Å². The summed E-state index contributed by atoms with van der Waals surface area (Å²) in [6.45, 7) is 1.92. The summed E-state index contributed by atoms with van der Waals surface area (Å²) in [5.41, 5.74) is 1.79. The van der Waals surface area contributed by atoms with Crippen LogP contribution in [-0.4, -0.2) is 21.2 Å². The highest BCUT2D eigenvalue weighted by Crippen LogP contribution is 2.05. The number of aromatic nitrogens is 3. The number of aryl methyl sites for hydroxylation is 1. The number of imidazole rings is 1. The van der Waals surface area contributed by atoms with Gasteiger partial charge >= 0.3 is 0 Å². The van der Waals surface area contributed by atoms with Crippen LogP contribution in [0.3, 0.4) is 0 Å². The number of fused-ring (bicyclic) bond motifs is 1. The molecule has 2 aromatic rings. The van der Waals surface area contributed by atoms with Gasteiger partial charge in [-0.2, -0.15) is 12.6 Å². The molecule has 1 N–H and O–H groups in total. The van der Waals surface area contributed by atoms with E-state index in [4.69, 9.17) is 0 Å². The number of hydrogen-bond donors (Lipinski definition) is 2. The fourth-order valence-corrected chi connectivity index (χ4v) is 0.965. The van der Waals surface area contributed by atoms with Crippen molar-refractivity contribution in [1.82, 2.24) is 15.0 Å². The SMILES string of the molecule is CS.Cc1nc2ncccc2[nH]1. The van der Waals surface area contributed by atoms with Crippen LogP contribution in [0.25, 0.3) is 11.2 Å². The quantitative estimate of drug-likeness (QED) is 0.609. The molecule has 0 aliphatic heterocycles. The molecule has 2 rings (SSSR count). The zero-order valence-electron chi connectivity index (χ0n) is 7.07. The summed E-state index contributed by atoms with van der Waals surface area (Å²) in [5, 5.41) is 0. The highest BCUT2D eigenvalue weighted by molar-refractivity contribution is 7.79. The van der Waals surface area contributed by atoms with Crippen LogP contribution < -0.4 is 0 Å². The molecule has 12 heavy (non-hydrogen) atoms. The minimum Gasteiger partial charge on any atom is -0.341 e. The molecule has 0 atom stereocenters. The van der Waals surface area contributed by atoms with Gasteiger partial charge in [0, 0.05) is 6.20 Å². The van der Waals surface area contributed by atoms with Gasteiger partial charge in [-0.15, -0.1) is 0 Å². The highest BCUT2D eigenvalue weighted by Gasteiger charge is 1.95. The Morgan fingerprint density at radius 2 is 2.17 bits per heavy atom. The minimum absolute atomic E-state index is 0.792. The van der Waals surface area contributed by atoms with Crippen molar-refractivity contribution < 1.29 is 0 Å². The molecule has 0 bridgehead atoms. The van der Waals surface area contributed by atoms with E-state index >= 15 is 0 Å². The molecule has 2 aromatic heterocycles. The monoisotopic (exact) mass is 181 g/mol. The highest BCUT2D eigenvalue weighted by atomic mass is 32.1. The van der Waals surface area contributed by atoms with Crippen LogP contribution in [0.15, 0.2) is 18.3 Å². The maximum atomic E-state index is 4.15. The summed E-state index contributed by atoms with van der Waals surface area (Å²) in [7, 11) is 0. The zero-order valence-corrected chi connectivity index (χ0v) is 7.97. The summed E-state index contributed by atoms with van der Waals surface area (Å²) in [6.07, 6.45) is 3.43. The first kappa shape index (κ1) is 9.06. The fraction of sp³-hybridized carbons (Fsp3) is 0.250. The second-order valence-corrected chi connectivity index (χ2v) is 2.20. The Hall–Kier alpha value is -1.03. The predicted octanol–water partition coefficient (Wildman–Crippen LogP) is 1.81. The summed E-state index contributed by atoms with van der Waals surface area (Å²) < 4.78 is 0. The molecule has 0 aromatic carbocycles. The Kier molecular flexibility index (Phi) is 3.10. The number of pyridine rings is 1. The lowest BCUT2D eigenvalue weighted by atomic mass is 10.4. The Labute approximate surface area is 76.7 Å². The molecule has 0 aliphatic rings. The van der Waals surface area contributed by atoms with E-state index in [0.717, 1.165) is 17.0 Å². The first-order valence-electron chi connectivity index (χ1n) is 3.58. The van der Waals surface area contributed by atoms with E-state index < -0.39 is 0 Å². The van der Waals surface area contributed by atoms with Crippen LogP contribution >= 0.6 is 12.6 Å². The van der Waals surface area contributed by atoms with Crippen LogP contribution in [0.5, 0.6) is 0 Å². The van der Waals surface area contributed by atoms with Crippen molar-refractivity contribution in [3.05, 3.63) is 24.2 Å². The fourth-order valence-electron chi connectivity index (χ4n) is 0.965. The van der Waals surface area contributed by atoms with Gasteiger partial charge in [-0.1, -0.05) is 0 Å². The number of H-pyrrole nitrogens is 1.